The zero-order valence-corrected chi connectivity index (χ0v) is 19.1. The second-order valence-corrected chi connectivity index (χ2v) is 8.25. The van der Waals surface area contributed by atoms with Crippen molar-refractivity contribution < 1.29 is 0 Å². The van der Waals surface area contributed by atoms with Crippen LogP contribution in [0.4, 0.5) is 5.13 Å². The summed E-state index contributed by atoms with van der Waals surface area (Å²) in [5.41, 5.74) is 2.36. The first kappa shape index (κ1) is 21.3. The van der Waals surface area contributed by atoms with Crippen LogP contribution in [-0.4, -0.2) is 62.7 Å². The highest BCUT2D eigenvalue weighted by Gasteiger charge is 2.22. The number of nitrogens with one attached hydrogen (secondary N) is 1. The average molecular weight is 439 g/mol. The molecule has 0 atom stereocenters. The minimum Gasteiger partial charge on any atom is -0.357 e. The van der Waals surface area contributed by atoms with Gasteiger partial charge in [-0.3, -0.25) is 4.68 Å². The van der Waals surface area contributed by atoms with Crippen molar-refractivity contribution in [1.82, 2.24) is 29.4 Å². The highest BCUT2D eigenvalue weighted by molar-refractivity contribution is 7.09. The molecule has 4 rings (SSSR count). The predicted octanol–water partition coefficient (Wildman–Crippen LogP) is 2.63. The Balaban J connectivity index is 1.34. The van der Waals surface area contributed by atoms with E-state index in [0.29, 0.717) is 6.54 Å². The molecular formula is C22H30N8S. The summed E-state index contributed by atoms with van der Waals surface area (Å²) in [6.07, 6.45) is 4.88. The van der Waals surface area contributed by atoms with Crippen LogP contribution in [0.25, 0.3) is 0 Å². The summed E-state index contributed by atoms with van der Waals surface area (Å²) in [5, 5.41) is 8.97. The van der Waals surface area contributed by atoms with Crippen molar-refractivity contribution in [1.29, 1.82) is 0 Å². The van der Waals surface area contributed by atoms with Gasteiger partial charge in [-0.15, -0.1) is 0 Å². The standard InChI is InChI=1S/C22H30N8S/c1-3-20-26-22(31-27-20)29-12-10-28(11-13-29)21(23-4-2)24-14-19-15-25-30(17-19)16-18-8-6-5-7-9-18/h5-9,15,17H,3-4,10-14,16H2,1-2H3,(H,23,24). The second kappa shape index (κ2) is 10.4. The number of piperazine rings is 1. The van der Waals surface area contributed by atoms with Gasteiger partial charge in [0, 0.05) is 62.4 Å². The molecule has 3 aromatic rings. The molecule has 1 N–H and O–H groups in total. The van der Waals surface area contributed by atoms with Gasteiger partial charge in [0.05, 0.1) is 19.3 Å². The van der Waals surface area contributed by atoms with Gasteiger partial charge in [0.2, 0.25) is 5.13 Å². The molecule has 0 aliphatic carbocycles. The van der Waals surface area contributed by atoms with Crippen LogP contribution >= 0.6 is 11.5 Å². The third-order valence-corrected chi connectivity index (χ3v) is 6.06. The van der Waals surface area contributed by atoms with E-state index in [1.165, 1.54) is 17.1 Å². The summed E-state index contributed by atoms with van der Waals surface area (Å²) in [5.74, 6) is 1.90. The van der Waals surface area contributed by atoms with E-state index < -0.39 is 0 Å². The number of hydrogen-bond donors (Lipinski definition) is 1. The molecule has 2 aromatic heterocycles. The van der Waals surface area contributed by atoms with Gasteiger partial charge >= 0.3 is 0 Å². The summed E-state index contributed by atoms with van der Waals surface area (Å²) in [6.45, 7) is 10.1. The summed E-state index contributed by atoms with van der Waals surface area (Å²) in [6, 6.07) is 10.4. The maximum Gasteiger partial charge on any atom is 0.205 e. The molecule has 1 fully saturated rings. The molecule has 164 valence electrons. The summed E-state index contributed by atoms with van der Waals surface area (Å²) in [7, 11) is 0. The Bertz CT molecular complexity index is 972. The molecule has 1 aliphatic rings. The van der Waals surface area contributed by atoms with Crippen LogP contribution in [0.3, 0.4) is 0 Å². The van der Waals surface area contributed by atoms with Crippen molar-refractivity contribution >= 4 is 22.6 Å². The van der Waals surface area contributed by atoms with Crippen LogP contribution in [0.15, 0.2) is 47.7 Å². The topological polar surface area (TPSA) is 74.5 Å². The maximum atomic E-state index is 4.88. The zero-order chi connectivity index (χ0) is 21.5. The molecule has 31 heavy (non-hydrogen) atoms. The molecule has 1 aromatic carbocycles. The van der Waals surface area contributed by atoms with E-state index in [0.717, 1.165) is 68.2 Å². The van der Waals surface area contributed by atoms with Gasteiger partial charge < -0.3 is 15.1 Å². The number of aryl methyl sites for hydroxylation is 1. The van der Waals surface area contributed by atoms with Crippen LogP contribution in [0.5, 0.6) is 0 Å². The molecule has 1 saturated heterocycles. The number of guanidine groups is 1. The van der Waals surface area contributed by atoms with E-state index in [4.69, 9.17) is 4.99 Å². The molecule has 0 amide bonds. The van der Waals surface area contributed by atoms with Crippen LogP contribution in [-0.2, 0) is 19.5 Å². The van der Waals surface area contributed by atoms with Crippen molar-refractivity contribution in [2.24, 2.45) is 4.99 Å². The van der Waals surface area contributed by atoms with Crippen molar-refractivity contribution in [3.8, 4) is 0 Å². The van der Waals surface area contributed by atoms with Crippen molar-refractivity contribution in [3.63, 3.8) is 0 Å². The largest absolute Gasteiger partial charge is 0.357 e. The summed E-state index contributed by atoms with van der Waals surface area (Å²) >= 11 is 1.50. The van der Waals surface area contributed by atoms with E-state index in [1.807, 2.05) is 16.9 Å². The molecule has 1 aliphatic heterocycles. The Morgan fingerprint density at radius 3 is 2.61 bits per heavy atom. The van der Waals surface area contributed by atoms with Gasteiger partial charge in [-0.05, 0) is 12.5 Å². The number of rotatable bonds is 7. The SMILES string of the molecule is CCNC(=NCc1cnn(Cc2ccccc2)c1)N1CCN(c2nc(CC)ns2)CC1. The van der Waals surface area contributed by atoms with Gasteiger partial charge in [0.1, 0.15) is 5.82 Å². The predicted molar refractivity (Wildman–Crippen MR) is 126 cm³/mol. The van der Waals surface area contributed by atoms with Crippen molar-refractivity contribution in [3.05, 3.63) is 59.7 Å². The van der Waals surface area contributed by atoms with E-state index in [-0.39, 0.29) is 0 Å². The minimum absolute atomic E-state index is 0.619. The lowest BCUT2D eigenvalue weighted by molar-refractivity contribution is 0.372. The van der Waals surface area contributed by atoms with Gasteiger partial charge in [0.25, 0.3) is 0 Å². The third-order valence-electron chi connectivity index (χ3n) is 5.24. The molecule has 0 spiro atoms. The number of aromatic nitrogens is 4. The van der Waals surface area contributed by atoms with E-state index in [9.17, 15) is 0 Å². The minimum atomic E-state index is 0.619. The van der Waals surface area contributed by atoms with E-state index >= 15 is 0 Å². The van der Waals surface area contributed by atoms with Gasteiger partial charge in [0.15, 0.2) is 5.96 Å². The van der Waals surface area contributed by atoms with Gasteiger partial charge in [-0.2, -0.15) is 9.47 Å². The fourth-order valence-corrected chi connectivity index (χ4v) is 4.36. The van der Waals surface area contributed by atoms with E-state index in [2.05, 4.69) is 73.9 Å². The van der Waals surface area contributed by atoms with Crippen LogP contribution in [0, 0.1) is 0 Å². The molecule has 8 nitrogen and oxygen atoms in total. The number of benzene rings is 1. The van der Waals surface area contributed by atoms with Gasteiger partial charge in [-0.1, -0.05) is 37.3 Å². The average Bonchev–Trinajstić information content (AvgIpc) is 3.47. The molecule has 0 saturated carbocycles. The number of hydrogen-bond acceptors (Lipinski definition) is 6. The fourth-order valence-electron chi connectivity index (χ4n) is 3.56. The lowest BCUT2D eigenvalue weighted by Gasteiger charge is -2.36. The Labute approximate surface area is 187 Å². The first-order chi connectivity index (χ1) is 15.2. The maximum absolute atomic E-state index is 4.88. The normalized spacial score (nSPS) is 14.8. The number of anilines is 1. The second-order valence-electron chi connectivity index (χ2n) is 7.52. The molecular weight excluding hydrogens is 408 g/mol. The number of aliphatic imine (C=N–C) groups is 1. The molecule has 0 unspecified atom stereocenters. The van der Waals surface area contributed by atoms with Crippen LogP contribution in [0.1, 0.15) is 30.8 Å². The Morgan fingerprint density at radius 1 is 1.10 bits per heavy atom. The highest BCUT2D eigenvalue weighted by atomic mass is 32.1. The van der Waals surface area contributed by atoms with Crippen molar-refractivity contribution in [2.45, 2.75) is 33.4 Å². The first-order valence-electron chi connectivity index (χ1n) is 10.9. The smallest absolute Gasteiger partial charge is 0.205 e. The Hall–Kier alpha value is -2.94. The third kappa shape index (κ3) is 5.61. The quantitative estimate of drug-likeness (QED) is 0.452. The van der Waals surface area contributed by atoms with Crippen molar-refractivity contribution in [2.75, 3.05) is 37.6 Å². The van der Waals surface area contributed by atoms with Crippen LogP contribution < -0.4 is 10.2 Å². The number of nitrogens with zero attached hydrogens (tertiary/aromatic N) is 7. The fraction of sp³-hybridized carbons (Fsp3) is 0.455. The monoisotopic (exact) mass is 438 g/mol. The van der Waals surface area contributed by atoms with E-state index in [1.54, 1.807) is 0 Å². The molecule has 9 heteroatoms. The summed E-state index contributed by atoms with van der Waals surface area (Å²) < 4.78 is 6.39. The Kier molecular flexibility index (Phi) is 7.14. The molecule has 3 heterocycles. The molecule has 0 bridgehead atoms. The van der Waals surface area contributed by atoms with Crippen LogP contribution in [0.2, 0.25) is 0 Å². The summed E-state index contributed by atoms with van der Waals surface area (Å²) in [4.78, 5) is 14.2. The Morgan fingerprint density at radius 2 is 1.90 bits per heavy atom. The van der Waals surface area contributed by atoms with Gasteiger partial charge in [-0.25, -0.2) is 9.98 Å². The highest BCUT2D eigenvalue weighted by Crippen LogP contribution is 2.19. The zero-order valence-electron chi connectivity index (χ0n) is 18.2. The lowest BCUT2D eigenvalue weighted by atomic mass is 10.2. The molecule has 0 radical (unpaired) electrons. The first-order valence-corrected chi connectivity index (χ1v) is 11.7. The lowest BCUT2D eigenvalue weighted by Crippen LogP contribution is -2.52.